The van der Waals surface area contributed by atoms with E-state index in [1.165, 1.54) is 5.56 Å². The molecule has 0 spiro atoms. The number of rotatable bonds is 3. The number of anilines is 2. The van der Waals surface area contributed by atoms with Crippen molar-refractivity contribution < 1.29 is 0 Å². The van der Waals surface area contributed by atoms with Gasteiger partial charge in [0.25, 0.3) is 0 Å². The summed E-state index contributed by atoms with van der Waals surface area (Å²) >= 11 is 0. The van der Waals surface area contributed by atoms with Gasteiger partial charge in [0.1, 0.15) is 17.2 Å². The highest BCUT2D eigenvalue weighted by Gasteiger charge is 2.14. The zero-order valence-electron chi connectivity index (χ0n) is 12.8. The maximum Gasteiger partial charge on any atom is 0.144 e. The SMILES string of the molecule is Cc1ccc(Nc2c(-c3ccccn3)nc3ccccn23)cc1. The zero-order valence-corrected chi connectivity index (χ0v) is 12.8. The molecule has 1 N–H and O–H groups in total. The van der Waals surface area contributed by atoms with Crippen LogP contribution in [0.2, 0.25) is 0 Å². The van der Waals surface area contributed by atoms with Gasteiger partial charge in [-0.3, -0.25) is 9.38 Å². The van der Waals surface area contributed by atoms with Crippen LogP contribution in [0.5, 0.6) is 0 Å². The molecule has 0 amide bonds. The fourth-order valence-corrected chi connectivity index (χ4v) is 2.57. The first-order valence-electron chi connectivity index (χ1n) is 7.53. The van der Waals surface area contributed by atoms with Gasteiger partial charge in [0.05, 0.1) is 5.69 Å². The largest absolute Gasteiger partial charge is 0.339 e. The summed E-state index contributed by atoms with van der Waals surface area (Å²) in [5.74, 6) is 0.920. The van der Waals surface area contributed by atoms with Crippen LogP contribution in [0.25, 0.3) is 17.0 Å². The quantitative estimate of drug-likeness (QED) is 0.608. The van der Waals surface area contributed by atoms with E-state index in [1.807, 2.05) is 47.0 Å². The lowest BCUT2D eigenvalue weighted by Crippen LogP contribution is -1.97. The van der Waals surface area contributed by atoms with E-state index in [-0.39, 0.29) is 0 Å². The van der Waals surface area contributed by atoms with Crippen LogP contribution < -0.4 is 5.32 Å². The number of fused-ring (bicyclic) bond motifs is 1. The Labute approximate surface area is 134 Å². The van der Waals surface area contributed by atoms with Gasteiger partial charge < -0.3 is 5.32 Å². The molecule has 4 nitrogen and oxygen atoms in total. The molecule has 0 fully saturated rings. The predicted molar refractivity (Wildman–Crippen MR) is 92.9 cm³/mol. The molecule has 0 aliphatic carbocycles. The molecule has 1 aromatic carbocycles. The standard InChI is InChI=1S/C19H16N4/c1-14-8-10-15(11-9-14)21-19-18(16-6-2-4-12-20-16)22-17-7-3-5-13-23(17)19/h2-13,21H,1H3. The first-order valence-corrected chi connectivity index (χ1v) is 7.53. The summed E-state index contributed by atoms with van der Waals surface area (Å²) < 4.78 is 2.05. The number of benzene rings is 1. The number of aryl methyl sites for hydroxylation is 1. The number of pyridine rings is 2. The van der Waals surface area contributed by atoms with Crippen LogP contribution in [-0.2, 0) is 0 Å². The van der Waals surface area contributed by atoms with Crippen molar-refractivity contribution in [3.63, 3.8) is 0 Å². The first kappa shape index (κ1) is 13.5. The number of aromatic nitrogens is 3. The minimum Gasteiger partial charge on any atom is -0.339 e. The molecule has 0 atom stereocenters. The minimum atomic E-state index is 0.845. The van der Waals surface area contributed by atoms with Crippen molar-refractivity contribution in [2.75, 3.05) is 5.32 Å². The normalized spacial score (nSPS) is 10.8. The number of imidazole rings is 1. The summed E-state index contributed by atoms with van der Waals surface area (Å²) in [5, 5.41) is 3.48. The van der Waals surface area contributed by atoms with Crippen molar-refractivity contribution in [3.05, 3.63) is 78.6 Å². The van der Waals surface area contributed by atoms with Gasteiger partial charge in [0, 0.05) is 18.1 Å². The number of nitrogens with zero attached hydrogens (tertiary/aromatic N) is 3. The molecule has 0 aliphatic rings. The van der Waals surface area contributed by atoms with Gasteiger partial charge in [-0.1, -0.05) is 29.8 Å². The highest BCUT2D eigenvalue weighted by molar-refractivity contribution is 5.77. The summed E-state index contributed by atoms with van der Waals surface area (Å²) in [6, 6.07) is 20.2. The smallest absolute Gasteiger partial charge is 0.144 e. The molecule has 4 aromatic rings. The maximum absolute atomic E-state index is 4.73. The number of hydrogen-bond donors (Lipinski definition) is 1. The lowest BCUT2D eigenvalue weighted by atomic mass is 10.2. The summed E-state index contributed by atoms with van der Waals surface area (Å²) in [7, 11) is 0. The molecular weight excluding hydrogens is 284 g/mol. The summed E-state index contributed by atoms with van der Waals surface area (Å²) in [6.07, 6.45) is 3.79. The van der Waals surface area contributed by atoms with E-state index in [9.17, 15) is 0 Å². The van der Waals surface area contributed by atoms with E-state index < -0.39 is 0 Å². The van der Waals surface area contributed by atoms with Crippen molar-refractivity contribution in [1.82, 2.24) is 14.4 Å². The Hall–Kier alpha value is -3.14. The highest BCUT2D eigenvalue weighted by Crippen LogP contribution is 2.29. The number of nitrogens with one attached hydrogen (secondary N) is 1. The Balaban J connectivity index is 1.87. The average molecular weight is 300 g/mol. The van der Waals surface area contributed by atoms with Gasteiger partial charge in [-0.25, -0.2) is 4.98 Å². The Bertz CT molecular complexity index is 940. The Kier molecular flexibility index (Phi) is 3.27. The molecule has 0 saturated carbocycles. The van der Waals surface area contributed by atoms with E-state index in [0.717, 1.165) is 28.5 Å². The third-order valence-electron chi connectivity index (χ3n) is 3.75. The van der Waals surface area contributed by atoms with Gasteiger partial charge in [0.15, 0.2) is 0 Å². The van der Waals surface area contributed by atoms with E-state index in [0.29, 0.717) is 0 Å². The second-order valence-corrected chi connectivity index (χ2v) is 5.44. The van der Waals surface area contributed by atoms with Crippen LogP contribution in [-0.4, -0.2) is 14.4 Å². The van der Waals surface area contributed by atoms with Crippen molar-refractivity contribution in [1.29, 1.82) is 0 Å². The molecule has 4 rings (SSSR count). The zero-order chi connectivity index (χ0) is 15.6. The minimum absolute atomic E-state index is 0.845. The van der Waals surface area contributed by atoms with Crippen molar-refractivity contribution >= 4 is 17.2 Å². The predicted octanol–water partition coefficient (Wildman–Crippen LogP) is 4.45. The van der Waals surface area contributed by atoms with Crippen LogP contribution in [0, 0.1) is 6.92 Å². The van der Waals surface area contributed by atoms with Gasteiger partial charge in [0.2, 0.25) is 0 Å². The fourth-order valence-electron chi connectivity index (χ4n) is 2.57. The van der Waals surface area contributed by atoms with Crippen LogP contribution >= 0.6 is 0 Å². The second-order valence-electron chi connectivity index (χ2n) is 5.44. The van der Waals surface area contributed by atoms with Gasteiger partial charge in [-0.15, -0.1) is 0 Å². The average Bonchev–Trinajstić information content (AvgIpc) is 2.96. The molecule has 0 radical (unpaired) electrons. The van der Waals surface area contributed by atoms with Gasteiger partial charge in [-0.2, -0.15) is 0 Å². The molecule has 0 bridgehead atoms. The number of hydrogen-bond acceptors (Lipinski definition) is 3. The third-order valence-corrected chi connectivity index (χ3v) is 3.75. The van der Waals surface area contributed by atoms with Gasteiger partial charge in [-0.05, 0) is 43.3 Å². The molecule has 23 heavy (non-hydrogen) atoms. The van der Waals surface area contributed by atoms with Crippen LogP contribution in [0.15, 0.2) is 73.1 Å². The Morgan fingerprint density at radius 1 is 0.913 bits per heavy atom. The van der Waals surface area contributed by atoms with Gasteiger partial charge >= 0.3 is 0 Å². The maximum atomic E-state index is 4.73. The van der Waals surface area contributed by atoms with E-state index in [4.69, 9.17) is 4.98 Å². The molecular formula is C19H16N4. The summed E-state index contributed by atoms with van der Waals surface area (Å²) in [6.45, 7) is 2.08. The van der Waals surface area contributed by atoms with Crippen molar-refractivity contribution in [3.8, 4) is 11.4 Å². The van der Waals surface area contributed by atoms with Crippen LogP contribution in [0.4, 0.5) is 11.5 Å². The highest BCUT2D eigenvalue weighted by atomic mass is 15.1. The Morgan fingerprint density at radius 2 is 1.74 bits per heavy atom. The lowest BCUT2D eigenvalue weighted by Gasteiger charge is -2.09. The van der Waals surface area contributed by atoms with Crippen molar-refractivity contribution in [2.24, 2.45) is 0 Å². The molecule has 0 aliphatic heterocycles. The monoisotopic (exact) mass is 300 g/mol. The molecule has 3 heterocycles. The third kappa shape index (κ3) is 2.55. The van der Waals surface area contributed by atoms with E-state index in [1.54, 1.807) is 6.20 Å². The molecule has 0 saturated heterocycles. The first-order chi connectivity index (χ1) is 11.3. The molecule has 3 aromatic heterocycles. The summed E-state index contributed by atoms with van der Waals surface area (Å²) in [5.41, 5.74) is 4.85. The van der Waals surface area contributed by atoms with E-state index >= 15 is 0 Å². The fraction of sp³-hybridized carbons (Fsp3) is 0.0526. The van der Waals surface area contributed by atoms with Crippen molar-refractivity contribution in [2.45, 2.75) is 6.92 Å². The molecule has 0 unspecified atom stereocenters. The topological polar surface area (TPSA) is 42.2 Å². The second kappa shape index (κ2) is 5.57. The van der Waals surface area contributed by atoms with E-state index in [2.05, 4.69) is 41.5 Å². The van der Waals surface area contributed by atoms with Crippen LogP contribution in [0.1, 0.15) is 5.56 Å². The molecule has 112 valence electrons. The summed E-state index contributed by atoms with van der Waals surface area (Å²) in [4.78, 5) is 9.18. The lowest BCUT2D eigenvalue weighted by molar-refractivity contribution is 1.18. The van der Waals surface area contributed by atoms with Crippen LogP contribution in [0.3, 0.4) is 0 Å². The Morgan fingerprint density at radius 3 is 2.52 bits per heavy atom. The molecule has 4 heteroatoms.